The zero-order chi connectivity index (χ0) is 14.8. The summed E-state index contributed by atoms with van der Waals surface area (Å²) in [6.45, 7) is 2.38. The second kappa shape index (κ2) is 5.66. The van der Waals surface area contributed by atoms with Crippen molar-refractivity contribution in [3.05, 3.63) is 71.0 Å². The lowest BCUT2D eigenvalue weighted by Gasteiger charge is -2.37. The molecule has 2 aromatic rings. The fourth-order valence-corrected chi connectivity index (χ4v) is 2.46. The molecule has 0 aliphatic carbocycles. The Kier molecular flexibility index (Phi) is 3.71. The second-order valence-corrected chi connectivity index (χ2v) is 5.20. The molecule has 0 aromatic heterocycles. The number of nitrogens with one attached hydrogen (secondary N) is 1. The molecule has 0 unspecified atom stereocenters. The van der Waals surface area contributed by atoms with Gasteiger partial charge in [0.2, 0.25) is 0 Å². The van der Waals surface area contributed by atoms with Gasteiger partial charge in [-0.3, -0.25) is 4.79 Å². The van der Waals surface area contributed by atoms with Crippen LogP contribution in [0.5, 0.6) is 0 Å². The van der Waals surface area contributed by atoms with Gasteiger partial charge in [0.05, 0.1) is 12.6 Å². The Balaban J connectivity index is 1.70. The lowest BCUT2D eigenvalue weighted by molar-refractivity contribution is -0.0861. The van der Waals surface area contributed by atoms with E-state index < -0.39 is 0 Å². The van der Waals surface area contributed by atoms with Gasteiger partial charge in [-0.25, -0.2) is 4.39 Å². The minimum atomic E-state index is -0.279. The predicted molar refractivity (Wildman–Crippen MR) is 77.5 cm³/mol. The average molecular weight is 285 g/mol. The van der Waals surface area contributed by atoms with E-state index in [2.05, 4.69) is 5.32 Å². The summed E-state index contributed by atoms with van der Waals surface area (Å²) in [4.78, 5) is 12.3. The first-order valence-electron chi connectivity index (χ1n) is 6.89. The third kappa shape index (κ3) is 2.81. The van der Waals surface area contributed by atoms with Gasteiger partial charge >= 0.3 is 0 Å². The molecule has 3 nitrogen and oxygen atoms in total. The van der Waals surface area contributed by atoms with Gasteiger partial charge in [-0.1, -0.05) is 30.3 Å². The standard InChI is InChI=1S/C17H16FNO2/c1-11-4-2-3-5-14(11)17(20)19-15-10-21-16(15)12-6-8-13(18)9-7-12/h2-9,15-16H,10H2,1H3,(H,19,20)/t15-,16-/m1/s1. The van der Waals surface area contributed by atoms with Crippen molar-refractivity contribution in [2.75, 3.05) is 6.61 Å². The van der Waals surface area contributed by atoms with Gasteiger partial charge in [0.15, 0.2) is 0 Å². The van der Waals surface area contributed by atoms with Crippen LogP contribution < -0.4 is 5.32 Å². The quantitative estimate of drug-likeness (QED) is 0.941. The summed E-state index contributed by atoms with van der Waals surface area (Å²) in [6.07, 6.45) is -0.210. The molecule has 1 heterocycles. The molecule has 1 N–H and O–H groups in total. The number of benzene rings is 2. The highest BCUT2D eigenvalue weighted by Crippen LogP contribution is 2.30. The van der Waals surface area contributed by atoms with E-state index in [4.69, 9.17) is 4.74 Å². The Morgan fingerprint density at radius 1 is 1.19 bits per heavy atom. The highest BCUT2D eigenvalue weighted by atomic mass is 19.1. The molecular weight excluding hydrogens is 269 g/mol. The van der Waals surface area contributed by atoms with Crippen molar-refractivity contribution in [2.24, 2.45) is 0 Å². The SMILES string of the molecule is Cc1ccccc1C(=O)N[C@@H]1CO[C@@H]1c1ccc(F)cc1. The number of carbonyl (C=O) groups is 1. The minimum Gasteiger partial charge on any atom is -0.369 e. The predicted octanol–water partition coefficient (Wildman–Crippen LogP) is 3.00. The molecule has 0 saturated carbocycles. The molecule has 108 valence electrons. The molecule has 4 heteroatoms. The topological polar surface area (TPSA) is 38.3 Å². The molecule has 1 fully saturated rings. The number of aryl methyl sites for hydroxylation is 1. The van der Waals surface area contributed by atoms with Gasteiger partial charge in [-0.15, -0.1) is 0 Å². The Morgan fingerprint density at radius 2 is 1.90 bits per heavy atom. The third-order valence-electron chi connectivity index (χ3n) is 3.73. The van der Waals surface area contributed by atoms with Crippen molar-refractivity contribution in [2.45, 2.75) is 19.1 Å². The summed E-state index contributed by atoms with van der Waals surface area (Å²) in [7, 11) is 0. The maximum Gasteiger partial charge on any atom is 0.251 e. The van der Waals surface area contributed by atoms with Crippen molar-refractivity contribution in [3.8, 4) is 0 Å². The van der Waals surface area contributed by atoms with Gasteiger partial charge in [0.25, 0.3) is 5.91 Å². The number of ether oxygens (including phenoxy) is 1. The van der Waals surface area contributed by atoms with E-state index in [-0.39, 0.29) is 23.9 Å². The van der Waals surface area contributed by atoms with E-state index in [1.807, 2.05) is 25.1 Å². The number of rotatable bonds is 3. The van der Waals surface area contributed by atoms with Gasteiger partial charge in [-0.2, -0.15) is 0 Å². The van der Waals surface area contributed by atoms with Crippen LogP contribution >= 0.6 is 0 Å². The van der Waals surface area contributed by atoms with Gasteiger partial charge < -0.3 is 10.1 Å². The third-order valence-corrected chi connectivity index (χ3v) is 3.73. The van der Waals surface area contributed by atoms with Gasteiger partial charge in [0, 0.05) is 5.56 Å². The number of hydrogen-bond acceptors (Lipinski definition) is 2. The van der Waals surface area contributed by atoms with Crippen molar-refractivity contribution < 1.29 is 13.9 Å². The average Bonchev–Trinajstić information content (AvgIpc) is 2.46. The van der Waals surface area contributed by atoms with Crippen LogP contribution in [0.15, 0.2) is 48.5 Å². The van der Waals surface area contributed by atoms with E-state index in [1.54, 1.807) is 18.2 Å². The molecule has 2 atom stereocenters. The van der Waals surface area contributed by atoms with Crippen molar-refractivity contribution in [3.63, 3.8) is 0 Å². The van der Waals surface area contributed by atoms with Gasteiger partial charge in [0.1, 0.15) is 11.9 Å². The van der Waals surface area contributed by atoms with E-state index in [1.165, 1.54) is 12.1 Å². The highest BCUT2D eigenvalue weighted by molar-refractivity contribution is 5.95. The molecule has 1 amide bonds. The molecule has 2 aromatic carbocycles. The first-order valence-corrected chi connectivity index (χ1v) is 6.89. The van der Waals surface area contributed by atoms with Crippen LogP contribution in [0.25, 0.3) is 0 Å². The summed E-state index contributed by atoms with van der Waals surface area (Å²) in [5.41, 5.74) is 2.48. The van der Waals surface area contributed by atoms with Crippen LogP contribution in [0, 0.1) is 12.7 Å². The zero-order valence-corrected chi connectivity index (χ0v) is 11.7. The summed E-state index contributed by atoms with van der Waals surface area (Å²) in [5.74, 6) is -0.382. The summed E-state index contributed by atoms with van der Waals surface area (Å²) >= 11 is 0. The minimum absolute atomic E-state index is 0.0810. The Bertz CT molecular complexity index is 654. The monoisotopic (exact) mass is 285 g/mol. The fraction of sp³-hybridized carbons (Fsp3) is 0.235. The van der Waals surface area contributed by atoms with Gasteiger partial charge in [-0.05, 0) is 36.2 Å². The van der Waals surface area contributed by atoms with E-state index >= 15 is 0 Å². The molecule has 21 heavy (non-hydrogen) atoms. The molecule has 0 spiro atoms. The number of hydrogen-bond donors (Lipinski definition) is 1. The molecule has 1 aliphatic heterocycles. The van der Waals surface area contributed by atoms with Crippen LogP contribution in [0.2, 0.25) is 0 Å². The zero-order valence-electron chi connectivity index (χ0n) is 11.7. The lowest BCUT2D eigenvalue weighted by atomic mass is 9.97. The summed E-state index contributed by atoms with van der Waals surface area (Å²) in [5, 5.41) is 2.98. The fourth-order valence-electron chi connectivity index (χ4n) is 2.46. The van der Waals surface area contributed by atoms with E-state index in [9.17, 15) is 9.18 Å². The molecule has 0 bridgehead atoms. The number of amides is 1. The first-order chi connectivity index (χ1) is 10.1. The second-order valence-electron chi connectivity index (χ2n) is 5.20. The number of carbonyl (C=O) groups excluding carboxylic acids is 1. The summed E-state index contributed by atoms with van der Waals surface area (Å²) in [6, 6.07) is 13.5. The lowest BCUT2D eigenvalue weighted by Crippen LogP contribution is -2.50. The molecule has 0 radical (unpaired) electrons. The smallest absolute Gasteiger partial charge is 0.251 e. The Labute approximate surface area is 122 Å². The van der Waals surface area contributed by atoms with Crippen molar-refractivity contribution in [1.82, 2.24) is 5.32 Å². The van der Waals surface area contributed by atoms with Crippen molar-refractivity contribution in [1.29, 1.82) is 0 Å². The normalized spacial score (nSPS) is 20.7. The number of halogens is 1. The van der Waals surface area contributed by atoms with Crippen LogP contribution in [-0.2, 0) is 4.74 Å². The van der Waals surface area contributed by atoms with E-state index in [0.717, 1.165) is 11.1 Å². The maximum absolute atomic E-state index is 12.9. The maximum atomic E-state index is 12.9. The van der Waals surface area contributed by atoms with Crippen LogP contribution in [-0.4, -0.2) is 18.6 Å². The van der Waals surface area contributed by atoms with Crippen LogP contribution in [0.3, 0.4) is 0 Å². The Morgan fingerprint density at radius 3 is 2.52 bits per heavy atom. The molecule has 3 rings (SSSR count). The van der Waals surface area contributed by atoms with Crippen molar-refractivity contribution >= 4 is 5.91 Å². The van der Waals surface area contributed by atoms with Crippen LogP contribution in [0.4, 0.5) is 4.39 Å². The first kappa shape index (κ1) is 13.8. The summed E-state index contributed by atoms with van der Waals surface area (Å²) < 4.78 is 18.4. The Hall–Kier alpha value is -2.20. The highest BCUT2D eigenvalue weighted by Gasteiger charge is 2.34. The molecular formula is C17H16FNO2. The van der Waals surface area contributed by atoms with E-state index in [0.29, 0.717) is 12.2 Å². The largest absolute Gasteiger partial charge is 0.369 e. The molecule has 1 aliphatic rings. The van der Waals surface area contributed by atoms with Crippen LogP contribution in [0.1, 0.15) is 27.6 Å². The molecule has 1 saturated heterocycles.